The summed E-state index contributed by atoms with van der Waals surface area (Å²) in [5, 5.41) is 0. The van der Waals surface area contributed by atoms with Crippen LogP contribution in [0.4, 0.5) is 5.69 Å². The summed E-state index contributed by atoms with van der Waals surface area (Å²) in [7, 11) is 4.57. The van der Waals surface area contributed by atoms with Gasteiger partial charge in [0.15, 0.2) is 0 Å². The first-order chi connectivity index (χ1) is 9.08. The van der Waals surface area contributed by atoms with Gasteiger partial charge in [0, 0.05) is 31.9 Å². The molecule has 0 aliphatic rings. The van der Waals surface area contributed by atoms with E-state index in [2.05, 4.69) is 14.5 Å². The highest BCUT2D eigenvalue weighted by Gasteiger charge is 2.10. The maximum absolute atomic E-state index is 11.4. The fourth-order valence-corrected chi connectivity index (χ4v) is 1.56. The van der Waals surface area contributed by atoms with Gasteiger partial charge in [0.05, 0.1) is 14.2 Å². The van der Waals surface area contributed by atoms with Crippen LogP contribution in [0.1, 0.15) is 23.3 Å². The van der Waals surface area contributed by atoms with Crippen molar-refractivity contribution in [3.8, 4) is 0 Å². The minimum atomic E-state index is -0.468. The molecule has 1 heterocycles. The van der Waals surface area contributed by atoms with E-state index in [9.17, 15) is 9.59 Å². The van der Waals surface area contributed by atoms with Crippen molar-refractivity contribution >= 4 is 17.6 Å². The Labute approximate surface area is 112 Å². The van der Waals surface area contributed by atoms with Gasteiger partial charge in [-0.2, -0.15) is 0 Å². The van der Waals surface area contributed by atoms with Crippen LogP contribution < -0.4 is 4.90 Å². The molecule has 0 aliphatic heterocycles. The number of carbonyl (C=O) groups is 2. The standard InChI is InChI=1S/C13H18N2O4/c1-15(8-4-5-12(16)18-2)10-6-7-14-11(9-10)13(17)19-3/h6-7,9H,4-5,8H2,1-3H3. The van der Waals surface area contributed by atoms with Gasteiger partial charge in [-0.05, 0) is 18.6 Å². The van der Waals surface area contributed by atoms with E-state index in [1.807, 2.05) is 11.9 Å². The largest absolute Gasteiger partial charge is 0.469 e. The van der Waals surface area contributed by atoms with Crippen LogP contribution in [0.15, 0.2) is 18.3 Å². The molecule has 0 spiro atoms. The third-order valence-corrected chi connectivity index (χ3v) is 2.68. The lowest BCUT2D eigenvalue weighted by Gasteiger charge is -2.19. The van der Waals surface area contributed by atoms with Crippen LogP contribution in [0.3, 0.4) is 0 Å². The SMILES string of the molecule is COC(=O)CCCN(C)c1ccnc(C(=O)OC)c1. The minimum Gasteiger partial charge on any atom is -0.469 e. The summed E-state index contributed by atoms with van der Waals surface area (Å²) in [6.07, 6.45) is 2.60. The van der Waals surface area contributed by atoms with Gasteiger partial charge in [-0.15, -0.1) is 0 Å². The maximum atomic E-state index is 11.4. The fraction of sp³-hybridized carbons (Fsp3) is 0.462. The van der Waals surface area contributed by atoms with Gasteiger partial charge in [-0.25, -0.2) is 9.78 Å². The molecular formula is C13H18N2O4. The molecule has 19 heavy (non-hydrogen) atoms. The van der Waals surface area contributed by atoms with E-state index in [0.717, 1.165) is 5.69 Å². The average molecular weight is 266 g/mol. The third-order valence-electron chi connectivity index (χ3n) is 2.68. The Hall–Kier alpha value is -2.11. The zero-order valence-corrected chi connectivity index (χ0v) is 11.4. The number of carbonyl (C=O) groups excluding carboxylic acids is 2. The molecule has 1 aromatic rings. The van der Waals surface area contributed by atoms with E-state index < -0.39 is 5.97 Å². The molecule has 6 heteroatoms. The van der Waals surface area contributed by atoms with Crippen LogP contribution in [0.2, 0.25) is 0 Å². The predicted octanol–water partition coefficient (Wildman–Crippen LogP) is 1.26. The molecule has 0 N–H and O–H groups in total. The second-order valence-corrected chi connectivity index (χ2v) is 3.99. The Morgan fingerprint density at radius 3 is 2.68 bits per heavy atom. The number of hydrogen-bond donors (Lipinski definition) is 0. The molecule has 0 fully saturated rings. The van der Waals surface area contributed by atoms with Gasteiger partial charge in [0.1, 0.15) is 5.69 Å². The number of pyridine rings is 1. The van der Waals surface area contributed by atoms with E-state index in [4.69, 9.17) is 0 Å². The van der Waals surface area contributed by atoms with Crippen molar-refractivity contribution in [2.24, 2.45) is 0 Å². The van der Waals surface area contributed by atoms with Crippen LogP contribution in [0.25, 0.3) is 0 Å². The highest BCUT2D eigenvalue weighted by Crippen LogP contribution is 2.14. The van der Waals surface area contributed by atoms with Crippen molar-refractivity contribution in [2.45, 2.75) is 12.8 Å². The third kappa shape index (κ3) is 4.57. The summed E-state index contributed by atoms with van der Waals surface area (Å²) in [5.74, 6) is -0.691. The molecule has 6 nitrogen and oxygen atoms in total. The molecule has 0 atom stereocenters. The second-order valence-electron chi connectivity index (χ2n) is 3.99. The molecule has 0 bridgehead atoms. The molecule has 0 radical (unpaired) electrons. The molecule has 0 amide bonds. The van der Waals surface area contributed by atoms with Gasteiger partial charge in [-0.3, -0.25) is 4.79 Å². The minimum absolute atomic E-state index is 0.224. The summed E-state index contributed by atoms with van der Waals surface area (Å²) >= 11 is 0. The van der Waals surface area contributed by atoms with Crippen molar-refractivity contribution < 1.29 is 19.1 Å². The molecule has 104 valence electrons. The number of esters is 2. The number of nitrogens with zero attached hydrogens (tertiary/aromatic N) is 2. The smallest absolute Gasteiger partial charge is 0.356 e. The Bertz CT molecular complexity index is 448. The van der Waals surface area contributed by atoms with Crippen molar-refractivity contribution in [3.63, 3.8) is 0 Å². The monoisotopic (exact) mass is 266 g/mol. The summed E-state index contributed by atoms with van der Waals surface area (Å²) < 4.78 is 9.19. The highest BCUT2D eigenvalue weighted by atomic mass is 16.5. The summed E-state index contributed by atoms with van der Waals surface area (Å²) in [6.45, 7) is 0.680. The Morgan fingerprint density at radius 2 is 2.05 bits per heavy atom. The number of rotatable bonds is 6. The van der Waals surface area contributed by atoms with Crippen LogP contribution in [0.5, 0.6) is 0 Å². The van der Waals surface area contributed by atoms with Gasteiger partial charge in [0.25, 0.3) is 0 Å². The van der Waals surface area contributed by atoms with Crippen molar-refractivity contribution in [2.75, 3.05) is 32.7 Å². The maximum Gasteiger partial charge on any atom is 0.356 e. The molecule has 0 saturated carbocycles. The summed E-state index contributed by atoms with van der Waals surface area (Å²) in [6, 6.07) is 3.45. The summed E-state index contributed by atoms with van der Waals surface area (Å²) in [5.41, 5.74) is 1.11. The topological polar surface area (TPSA) is 68.7 Å². The first kappa shape index (κ1) is 14.9. The van der Waals surface area contributed by atoms with Crippen LogP contribution in [-0.4, -0.2) is 44.7 Å². The Balaban J connectivity index is 2.59. The molecular weight excluding hydrogens is 248 g/mol. The quantitative estimate of drug-likeness (QED) is 0.722. The molecule has 0 unspecified atom stereocenters. The van der Waals surface area contributed by atoms with Crippen LogP contribution in [0, 0.1) is 0 Å². The van der Waals surface area contributed by atoms with E-state index in [0.29, 0.717) is 19.4 Å². The van der Waals surface area contributed by atoms with E-state index in [1.54, 1.807) is 18.3 Å². The molecule has 1 aromatic heterocycles. The first-order valence-corrected chi connectivity index (χ1v) is 5.90. The van der Waals surface area contributed by atoms with Crippen LogP contribution >= 0.6 is 0 Å². The number of ether oxygens (including phenoxy) is 2. The number of methoxy groups -OCH3 is 2. The highest BCUT2D eigenvalue weighted by molar-refractivity contribution is 5.88. The molecule has 0 saturated heterocycles. The summed E-state index contributed by atoms with van der Waals surface area (Å²) in [4.78, 5) is 28.2. The van der Waals surface area contributed by atoms with E-state index in [-0.39, 0.29) is 11.7 Å². The molecule has 0 aliphatic carbocycles. The number of anilines is 1. The number of aromatic nitrogens is 1. The van der Waals surface area contributed by atoms with E-state index in [1.165, 1.54) is 14.2 Å². The fourth-order valence-electron chi connectivity index (χ4n) is 1.56. The van der Waals surface area contributed by atoms with Crippen LogP contribution in [-0.2, 0) is 14.3 Å². The van der Waals surface area contributed by atoms with Gasteiger partial charge in [-0.1, -0.05) is 0 Å². The Kier molecular flexibility index (Phi) is 5.78. The lowest BCUT2D eigenvalue weighted by molar-refractivity contribution is -0.140. The average Bonchev–Trinajstić information content (AvgIpc) is 2.46. The van der Waals surface area contributed by atoms with Gasteiger partial charge < -0.3 is 14.4 Å². The van der Waals surface area contributed by atoms with Crippen molar-refractivity contribution in [1.82, 2.24) is 4.98 Å². The van der Waals surface area contributed by atoms with E-state index >= 15 is 0 Å². The zero-order valence-electron chi connectivity index (χ0n) is 11.4. The lowest BCUT2D eigenvalue weighted by Crippen LogP contribution is -2.20. The van der Waals surface area contributed by atoms with Gasteiger partial charge in [0.2, 0.25) is 0 Å². The first-order valence-electron chi connectivity index (χ1n) is 5.90. The molecule has 0 aromatic carbocycles. The second kappa shape index (κ2) is 7.35. The normalized spacial score (nSPS) is 9.84. The van der Waals surface area contributed by atoms with Gasteiger partial charge >= 0.3 is 11.9 Å². The van der Waals surface area contributed by atoms with Crippen molar-refractivity contribution in [1.29, 1.82) is 0 Å². The van der Waals surface area contributed by atoms with Crippen molar-refractivity contribution in [3.05, 3.63) is 24.0 Å². The lowest BCUT2D eigenvalue weighted by atomic mass is 10.2. The number of hydrogen-bond acceptors (Lipinski definition) is 6. The molecule has 1 rings (SSSR count). The zero-order chi connectivity index (χ0) is 14.3. The predicted molar refractivity (Wildman–Crippen MR) is 70.1 cm³/mol. The Morgan fingerprint density at radius 1 is 1.32 bits per heavy atom.